The van der Waals surface area contributed by atoms with Crippen LogP contribution in [0.3, 0.4) is 0 Å². The third-order valence-electron chi connectivity index (χ3n) is 5.42. The van der Waals surface area contributed by atoms with Crippen molar-refractivity contribution in [2.24, 2.45) is 0 Å². The van der Waals surface area contributed by atoms with E-state index in [0.29, 0.717) is 24.9 Å². The Balaban J connectivity index is 1.86. The molecule has 4 rings (SSSR count). The number of fused-ring (bicyclic) bond motifs is 1. The third kappa shape index (κ3) is 3.82. The van der Waals surface area contributed by atoms with Crippen molar-refractivity contribution >= 4 is 16.7 Å². The smallest absolute Gasteiger partial charge is 0.416 e. The molecule has 0 saturated carbocycles. The van der Waals surface area contributed by atoms with Crippen LogP contribution >= 0.6 is 0 Å². The summed E-state index contributed by atoms with van der Waals surface area (Å²) >= 11 is 0. The predicted molar refractivity (Wildman–Crippen MR) is 102 cm³/mol. The van der Waals surface area contributed by atoms with Crippen molar-refractivity contribution in [3.63, 3.8) is 0 Å². The molecule has 1 fully saturated rings. The minimum absolute atomic E-state index is 0.432. The zero-order chi connectivity index (χ0) is 20.6. The van der Waals surface area contributed by atoms with Gasteiger partial charge in [0.1, 0.15) is 6.04 Å². The molecule has 0 bridgehead atoms. The Morgan fingerprint density at radius 1 is 1.10 bits per heavy atom. The summed E-state index contributed by atoms with van der Waals surface area (Å²) in [7, 11) is 0. The SMILES string of the molecule is O=C(O)C1CCCN1C(c1cccc(C(F)(F)F)c1)c1ccc2cnccc2c1. The Morgan fingerprint density at radius 3 is 2.66 bits per heavy atom. The molecule has 29 heavy (non-hydrogen) atoms. The molecule has 7 heteroatoms. The van der Waals surface area contributed by atoms with Crippen LogP contribution in [0.25, 0.3) is 10.8 Å². The van der Waals surface area contributed by atoms with E-state index >= 15 is 0 Å². The highest BCUT2D eigenvalue weighted by Gasteiger charge is 2.38. The van der Waals surface area contributed by atoms with E-state index in [4.69, 9.17) is 0 Å². The van der Waals surface area contributed by atoms with Crippen LogP contribution in [0.1, 0.15) is 35.6 Å². The third-order valence-corrected chi connectivity index (χ3v) is 5.42. The summed E-state index contributed by atoms with van der Waals surface area (Å²) in [6, 6.07) is 11.3. The molecule has 0 amide bonds. The van der Waals surface area contributed by atoms with Gasteiger partial charge in [0.15, 0.2) is 0 Å². The summed E-state index contributed by atoms with van der Waals surface area (Å²) in [5.74, 6) is -0.954. The van der Waals surface area contributed by atoms with E-state index in [1.807, 2.05) is 24.3 Å². The van der Waals surface area contributed by atoms with E-state index < -0.39 is 29.8 Å². The Kier molecular flexibility index (Phi) is 5.00. The second-order valence-electron chi connectivity index (χ2n) is 7.24. The Hall–Kier alpha value is -2.93. The van der Waals surface area contributed by atoms with E-state index in [2.05, 4.69) is 4.98 Å². The summed E-state index contributed by atoms with van der Waals surface area (Å²) in [6.07, 6.45) is 0.0641. The second-order valence-corrected chi connectivity index (χ2v) is 7.24. The molecule has 4 nitrogen and oxygen atoms in total. The lowest BCUT2D eigenvalue weighted by Gasteiger charge is -2.32. The first-order valence-electron chi connectivity index (χ1n) is 9.34. The Labute approximate surface area is 165 Å². The number of carboxylic acids is 1. The molecule has 2 aromatic carbocycles. The number of aromatic nitrogens is 1. The predicted octanol–water partition coefficient (Wildman–Crippen LogP) is 4.89. The lowest BCUT2D eigenvalue weighted by molar-refractivity contribution is -0.143. The fourth-order valence-corrected chi connectivity index (χ4v) is 4.10. The van der Waals surface area contributed by atoms with Crippen molar-refractivity contribution in [3.05, 3.63) is 77.6 Å². The molecule has 3 aromatic rings. The van der Waals surface area contributed by atoms with Gasteiger partial charge in [-0.15, -0.1) is 0 Å². The van der Waals surface area contributed by atoms with E-state index in [9.17, 15) is 23.1 Å². The maximum absolute atomic E-state index is 13.3. The van der Waals surface area contributed by atoms with Gasteiger partial charge in [0.2, 0.25) is 0 Å². The van der Waals surface area contributed by atoms with Gasteiger partial charge in [-0.1, -0.05) is 24.3 Å². The number of aliphatic carboxylic acids is 1. The van der Waals surface area contributed by atoms with Gasteiger partial charge >= 0.3 is 12.1 Å². The van der Waals surface area contributed by atoms with Crippen molar-refractivity contribution < 1.29 is 23.1 Å². The zero-order valence-electron chi connectivity index (χ0n) is 15.4. The highest BCUT2D eigenvalue weighted by molar-refractivity contribution is 5.82. The highest BCUT2D eigenvalue weighted by Crippen LogP contribution is 2.38. The standard InChI is InChI=1S/C22H19F3N2O2/c23-22(24,25)18-4-1-3-15(12-18)20(27-10-2-5-19(27)21(28)29)16-6-7-17-13-26-9-8-14(17)11-16/h1,3-4,6-9,11-13,19-20H,2,5,10H2,(H,28,29). The maximum atomic E-state index is 13.3. The molecule has 2 atom stereocenters. The van der Waals surface area contributed by atoms with Crippen LogP contribution < -0.4 is 0 Å². The molecule has 1 aliphatic heterocycles. The van der Waals surface area contributed by atoms with E-state index in [1.165, 1.54) is 6.07 Å². The average Bonchev–Trinajstić information content (AvgIpc) is 3.17. The molecular formula is C22H19F3N2O2. The van der Waals surface area contributed by atoms with Gasteiger partial charge in [-0.2, -0.15) is 13.2 Å². The van der Waals surface area contributed by atoms with Gasteiger partial charge < -0.3 is 5.11 Å². The molecule has 1 N–H and O–H groups in total. The van der Waals surface area contributed by atoms with Crippen molar-refractivity contribution in [2.75, 3.05) is 6.54 Å². The summed E-state index contributed by atoms with van der Waals surface area (Å²) < 4.78 is 39.9. The van der Waals surface area contributed by atoms with Gasteiger partial charge in [-0.05, 0) is 53.6 Å². The summed E-state index contributed by atoms with van der Waals surface area (Å²) in [5, 5.41) is 11.5. The minimum Gasteiger partial charge on any atom is -0.480 e. The molecule has 2 unspecified atom stereocenters. The molecule has 1 saturated heterocycles. The molecule has 2 heterocycles. The molecule has 0 aliphatic carbocycles. The highest BCUT2D eigenvalue weighted by atomic mass is 19.4. The fourth-order valence-electron chi connectivity index (χ4n) is 4.10. The van der Waals surface area contributed by atoms with Gasteiger partial charge in [0, 0.05) is 24.3 Å². The average molecular weight is 400 g/mol. The monoisotopic (exact) mass is 400 g/mol. The molecular weight excluding hydrogens is 381 g/mol. The van der Waals surface area contributed by atoms with Crippen LogP contribution in [0.5, 0.6) is 0 Å². The summed E-state index contributed by atoms with van der Waals surface area (Å²) in [6.45, 7) is 0.506. The first-order valence-corrected chi connectivity index (χ1v) is 9.34. The van der Waals surface area contributed by atoms with Gasteiger partial charge in [-0.25, -0.2) is 0 Å². The molecule has 0 radical (unpaired) electrons. The number of likely N-dealkylation sites (tertiary alicyclic amines) is 1. The number of hydrogen-bond donors (Lipinski definition) is 1. The van der Waals surface area contributed by atoms with Crippen molar-refractivity contribution in [2.45, 2.75) is 31.1 Å². The first kappa shape index (κ1) is 19.4. The van der Waals surface area contributed by atoms with Crippen molar-refractivity contribution in [1.29, 1.82) is 0 Å². The number of hydrogen-bond acceptors (Lipinski definition) is 3. The second kappa shape index (κ2) is 7.48. The maximum Gasteiger partial charge on any atom is 0.416 e. The van der Waals surface area contributed by atoms with Crippen LogP contribution in [0.4, 0.5) is 13.2 Å². The lowest BCUT2D eigenvalue weighted by Crippen LogP contribution is -2.39. The number of benzene rings is 2. The molecule has 1 aliphatic rings. The Bertz CT molecular complexity index is 1050. The largest absolute Gasteiger partial charge is 0.480 e. The van der Waals surface area contributed by atoms with Crippen molar-refractivity contribution in [1.82, 2.24) is 9.88 Å². The van der Waals surface area contributed by atoms with E-state index in [-0.39, 0.29) is 0 Å². The molecule has 150 valence electrons. The van der Waals surface area contributed by atoms with E-state index in [0.717, 1.165) is 28.5 Å². The minimum atomic E-state index is -4.47. The first-order chi connectivity index (χ1) is 13.8. The lowest BCUT2D eigenvalue weighted by atomic mass is 9.93. The van der Waals surface area contributed by atoms with Crippen LogP contribution in [0.15, 0.2) is 60.9 Å². The van der Waals surface area contributed by atoms with Crippen LogP contribution in [-0.4, -0.2) is 33.5 Å². The molecule has 1 aromatic heterocycles. The van der Waals surface area contributed by atoms with Gasteiger partial charge in [-0.3, -0.25) is 14.7 Å². The number of nitrogens with zero attached hydrogens (tertiary/aromatic N) is 2. The fraction of sp³-hybridized carbons (Fsp3) is 0.273. The number of rotatable bonds is 4. The van der Waals surface area contributed by atoms with Crippen LogP contribution in [-0.2, 0) is 11.0 Å². The number of carbonyl (C=O) groups is 1. The molecule has 0 spiro atoms. The van der Waals surface area contributed by atoms with Crippen LogP contribution in [0.2, 0.25) is 0 Å². The normalized spacial score (nSPS) is 18.8. The summed E-state index contributed by atoms with van der Waals surface area (Å²) in [4.78, 5) is 17.7. The summed E-state index contributed by atoms with van der Waals surface area (Å²) in [5.41, 5.74) is 0.452. The van der Waals surface area contributed by atoms with Gasteiger partial charge in [0.05, 0.1) is 11.6 Å². The van der Waals surface area contributed by atoms with E-state index in [1.54, 1.807) is 23.4 Å². The zero-order valence-corrected chi connectivity index (χ0v) is 15.4. The number of halogens is 3. The van der Waals surface area contributed by atoms with Crippen molar-refractivity contribution in [3.8, 4) is 0 Å². The van der Waals surface area contributed by atoms with Crippen LogP contribution in [0, 0.1) is 0 Å². The topological polar surface area (TPSA) is 53.4 Å². The number of carboxylic acid groups (broad SMARTS) is 1. The quantitative estimate of drug-likeness (QED) is 0.677. The Morgan fingerprint density at radius 2 is 1.90 bits per heavy atom. The number of alkyl halides is 3. The number of pyridine rings is 1. The van der Waals surface area contributed by atoms with Gasteiger partial charge in [0.25, 0.3) is 0 Å².